The Morgan fingerprint density at radius 2 is 1.66 bits per heavy atom. The van der Waals surface area contributed by atoms with Gasteiger partial charge >= 0.3 is 12.1 Å². The van der Waals surface area contributed by atoms with Crippen molar-refractivity contribution in [1.29, 1.82) is 0 Å². The van der Waals surface area contributed by atoms with E-state index in [2.05, 4.69) is 17.4 Å². The predicted molar refractivity (Wildman–Crippen MR) is 119 cm³/mol. The van der Waals surface area contributed by atoms with Gasteiger partial charge in [-0.2, -0.15) is 0 Å². The molecule has 0 aromatic heterocycles. The standard InChI is InChI=1S/C25H28N2O5/c1-3-8-21(22(28)27-14-25(2,15-27)23(29)30)26-24(31)32-13-20-18-11-6-4-9-16(18)17-10-5-7-12-19(17)20/h4-7,9-12,20-21H,3,8,13-15H2,1-2H3,(H,26,31)(H,29,30)/t21-/m1/s1. The van der Waals surface area contributed by atoms with Gasteiger partial charge in [-0.15, -0.1) is 0 Å². The number of amides is 2. The smallest absolute Gasteiger partial charge is 0.407 e. The molecule has 2 aromatic carbocycles. The van der Waals surface area contributed by atoms with Crippen LogP contribution in [0.3, 0.4) is 0 Å². The quantitative estimate of drug-likeness (QED) is 0.691. The largest absolute Gasteiger partial charge is 0.481 e. The molecule has 0 spiro atoms. The number of hydrogen-bond donors (Lipinski definition) is 2. The first kappa shape index (κ1) is 21.9. The minimum absolute atomic E-state index is 0.0554. The molecule has 32 heavy (non-hydrogen) atoms. The molecule has 0 saturated carbocycles. The molecule has 2 aromatic rings. The number of fused-ring (bicyclic) bond motifs is 3. The van der Waals surface area contributed by atoms with Crippen LogP contribution in [0.4, 0.5) is 4.79 Å². The summed E-state index contributed by atoms with van der Waals surface area (Å²) in [5, 5.41) is 12.0. The van der Waals surface area contributed by atoms with Gasteiger partial charge in [-0.3, -0.25) is 9.59 Å². The molecule has 1 aliphatic heterocycles. The monoisotopic (exact) mass is 436 g/mol. The summed E-state index contributed by atoms with van der Waals surface area (Å²) >= 11 is 0. The van der Waals surface area contributed by atoms with Gasteiger partial charge in [0.05, 0.1) is 5.41 Å². The molecule has 0 unspecified atom stereocenters. The van der Waals surface area contributed by atoms with Crippen LogP contribution in [-0.4, -0.2) is 53.7 Å². The van der Waals surface area contributed by atoms with E-state index in [1.165, 1.54) is 4.90 Å². The summed E-state index contributed by atoms with van der Waals surface area (Å²) in [5.41, 5.74) is 3.62. The van der Waals surface area contributed by atoms with Crippen LogP contribution in [0.5, 0.6) is 0 Å². The van der Waals surface area contributed by atoms with E-state index in [1.807, 2.05) is 43.3 Å². The van der Waals surface area contributed by atoms with Gasteiger partial charge in [0, 0.05) is 19.0 Å². The summed E-state index contributed by atoms with van der Waals surface area (Å²) in [6, 6.07) is 15.5. The molecule has 2 aliphatic rings. The summed E-state index contributed by atoms with van der Waals surface area (Å²) < 4.78 is 5.56. The van der Waals surface area contributed by atoms with Crippen molar-refractivity contribution in [2.45, 2.75) is 38.6 Å². The molecule has 1 fully saturated rings. The summed E-state index contributed by atoms with van der Waals surface area (Å²) in [5.74, 6) is -1.24. The number of carbonyl (C=O) groups is 3. The Kier molecular flexibility index (Phi) is 5.91. The van der Waals surface area contributed by atoms with E-state index in [1.54, 1.807) is 6.92 Å². The second-order valence-corrected chi connectivity index (χ2v) is 8.87. The van der Waals surface area contributed by atoms with Crippen molar-refractivity contribution < 1.29 is 24.2 Å². The number of carboxylic acid groups (broad SMARTS) is 1. The molecule has 7 nitrogen and oxygen atoms in total. The third-order valence-corrected chi connectivity index (χ3v) is 6.42. The zero-order valence-corrected chi connectivity index (χ0v) is 18.3. The molecule has 2 N–H and O–H groups in total. The molecule has 0 radical (unpaired) electrons. The maximum atomic E-state index is 12.8. The first-order valence-electron chi connectivity index (χ1n) is 11.0. The van der Waals surface area contributed by atoms with Crippen LogP contribution < -0.4 is 5.32 Å². The van der Waals surface area contributed by atoms with Gasteiger partial charge in [-0.25, -0.2) is 4.79 Å². The summed E-state index contributed by atoms with van der Waals surface area (Å²) in [6.45, 7) is 4.01. The molecule has 1 atom stereocenters. The van der Waals surface area contributed by atoms with Crippen molar-refractivity contribution in [2.24, 2.45) is 5.41 Å². The average Bonchev–Trinajstić information content (AvgIpc) is 3.08. The highest BCUT2D eigenvalue weighted by atomic mass is 16.5. The Balaban J connectivity index is 1.39. The fourth-order valence-corrected chi connectivity index (χ4v) is 4.64. The van der Waals surface area contributed by atoms with Gasteiger partial charge in [0.2, 0.25) is 5.91 Å². The Bertz CT molecular complexity index is 999. The van der Waals surface area contributed by atoms with Crippen molar-refractivity contribution in [1.82, 2.24) is 10.2 Å². The highest BCUT2D eigenvalue weighted by Crippen LogP contribution is 2.44. The third-order valence-electron chi connectivity index (χ3n) is 6.42. The van der Waals surface area contributed by atoms with Gasteiger partial charge in [0.25, 0.3) is 0 Å². The molecular formula is C25H28N2O5. The lowest BCUT2D eigenvalue weighted by Crippen LogP contribution is -2.64. The van der Waals surface area contributed by atoms with E-state index in [-0.39, 0.29) is 31.5 Å². The number of carboxylic acids is 1. The number of rotatable bonds is 7. The normalized spacial score (nSPS) is 17.0. The van der Waals surface area contributed by atoms with Crippen molar-refractivity contribution >= 4 is 18.0 Å². The van der Waals surface area contributed by atoms with Crippen LogP contribution in [0, 0.1) is 5.41 Å². The minimum atomic E-state index is -0.920. The fourth-order valence-electron chi connectivity index (χ4n) is 4.64. The minimum Gasteiger partial charge on any atom is -0.481 e. The molecular weight excluding hydrogens is 408 g/mol. The van der Waals surface area contributed by atoms with E-state index in [9.17, 15) is 19.5 Å². The molecule has 4 rings (SSSR count). The number of benzene rings is 2. The summed E-state index contributed by atoms with van der Waals surface area (Å²) in [7, 11) is 0. The van der Waals surface area contributed by atoms with Crippen LogP contribution in [-0.2, 0) is 14.3 Å². The van der Waals surface area contributed by atoms with Crippen LogP contribution in [0.25, 0.3) is 11.1 Å². The van der Waals surface area contributed by atoms with Crippen molar-refractivity contribution in [3.8, 4) is 11.1 Å². The molecule has 1 heterocycles. The zero-order valence-electron chi connectivity index (χ0n) is 18.3. The molecule has 1 aliphatic carbocycles. The molecule has 7 heteroatoms. The van der Waals surface area contributed by atoms with E-state index in [0.717, 1.165) is 22.3 Å². The maximum absolute atomic E-state index is 12.8. The highest BCUT2D eigenvalue weighted by Gasteiger charge is 2.48. The second kappa shape index (κ2) is 8.65. The Labute approximate surface area is 187 Å². The molecule has 1 saturated heterocycles. The van der Waals surface area contributed by atoms with Crippen LogP contribution in [0.2, 0.25) is 0 Å². The number of carbonyl (C=O) groups excluding carboxylic acids is 2. The van der Waals surface area contributed by atoms with Gasteiger partial charge in [0.1, 0.15) is 12.6 Å². The van der Waals surface area contributed by atoms with E-state index < -0.39 is 23.5 Å². The topological polar surface area (TPSA) is 95.9 Å². The number of hydrogen-bond acceptors (Lipinski definition) is 4. The molecule has 0 bridgehead atoms. The zero-order chi connectivity index (χ0) is 22.9. The summed E-state index contributed by atoms with van der Waals surface area (Å²) in [6.07, 6.45) is 0.521. The van der Waals surface area contributed by atoms with Crippen LogP contribution in [0.1, 0.15) is 43.7 Å². The van der Waals surface area contributed by atoms with E-state index in [0.29, 0.717) is 12.8 Å². The Morgan fingerprint density at radius 1 is 1.09 bits per heavy atom. The summed E-state index contributed by atoms with van der Waals surface area (Å²) in [4.78, 5) is 38.2. The number of nitrogens with one attached hydrogen (secondary N) is 1. The predicted octanol–water partition coefficient (Wildman–Crippen LogP) is 3.63. The number of alkyl carbamates (subject to hydrolysis) is 1. The lowest BCUT2D eigenvalue weighted by molar-refractivity contribution is -0.164. The van der Waals surface area contributed by atoms with E-state index in [4.69, 9.17) is 4.74 Å². The fraction of sp³-hybridized carbons (Fsp3) is 0.400. The number of aliphatic carboxylic acids is 1. The Morgan fingerprint density at radius 3 is 2.19 bits per heavy atom. The van der Waals surface area contributed by atoms with Crippen molar-refractivity contribution in [3.63, 3.8) is 0 Å². The van der Waals surface area contributed by atoms with Crippen molar-refractivity contribution in [3.05, 3.63) is 59.7 Å². The van der Waals surface area contributed by atoms with Gasteiger partial charge in [-0.05, 0) is 35.6 Å². The SMILES string of the molecule is CCC[C@@H](NC(=O)OCC1c2ccccc2-c2ccccc21)C(=O)N1CC(C)(C(=O)O)C1. The van der Waals surface area contributed by atoms with Gasteiger partial charge < -0.3 is 20.1 Å². The van der Waals surface area contributed by atoms with Gasteiger partial charge in [-0.1, -0.05) is 61.9 Å². The first-order chi connectivity index (χ1) is 15.3. The second-order valence-electron chi connectivity index (χ2n) is 8.87. The lowest BCUT2D eigenvalue weighted by atomic mass is 9.81. The highest BCUT2D eigenvalue weighted by molar-refractivity contribution is 5.88. The average molecular weight is 437 g/mol. The van der Waals surface area contributed by atoms with Crippen LogP contribution >= 0.6 is 0 Å². The number of ether oxygens (including phenoxy) is 1. The maximum Gasteiger partial charge on any atom is 0.407 e. The first-order valence-corrected chi connectivity index (χ1v) is 11.0. The lowest BCUT2D eigenvalue weighted by Gasteiger charge is -2.46. The molecule has 168 valence electrons. The number of likely N-dealkylation sites (tertiary alicyclic amines) is 1. The number of nitrogens with zero attached hydrogens (tertiary/aromatic N) is 1. The molecule has 2 amide bonds. The van der Waals surface area contributed by atoms with Crippen LogP contribution in [0.15, 0.2) is 48.5 Å². The third kappa shape index (κ3) is 3.95. The van der Waals surface area contributed by atoms with Crippen molar-refractivity contribution in [2.75, 3.05) is 19.7 Å². The van der Waals surface area contributed by atoms with E-state index >= 15 is 0 Å². The Hall–Kier alpha value is -3.35. The van der Waals surface area contributed by atoms with Gasteiger partial charge in [0.15, 0.2) is 0 Å².